The van der Waals surface area contributed by atoms with Crippen LogP contribution in [-0.4, -0.2) is 19.6 Å². The van der Waals surface area contributed by atoms with Crippen LogP contribution in [-0.2, 0) is 0 Å². The van der Waals surface area contributed by atoms with Crippen LogP contribution in [0.4, 0.5) is 5.69 Å². The molecule has 2 heteroatoms. The molecular weight excluding hydrogens is 184 g/mol. The summed E-state index contributed by atoms with van der Waals surface area (Å²) in [5.41, 5.74) is 8.27. The van der Waals surface area contributed by atoms with E-state index < -0.39 is 0 Å². The molecular formula is C13H22N2. The molecule has 0 bridgehead atoms. The molecule has 84 valence electrons. The molecule has 0 aliphatic carbocycles. The van der Waals surface area contributed by atoms with Crippen molar-refractivity contribution in [3.8, 4) is 0 Å². The lowest BCUT2D eigenvalue weighted by molar-refractivity contribution is 0.719. The maximum Gasteiger partial charge on any atom is 0.0395 e. The normalized spacial score (nSPS) is 10.3. The first-order valence-electron chi connectivity index (χ1n) is 5.80. The fraction of sp³-hybridized carbons (Fsp3) is 0.538. The molecule has 1 aromatic rings. The van der Waals surface area contributed by atoms with Crippen LogP contribution in [0.15, 0.2) is 24.3 Å². The van der Waals surface area contributed by atoms with Gasteiger partial charge in [0.1, 0.15) is 0 Å². The molecule has 0 radical (unpaired) electrons. The number of hydrogen-bond donors (Lipinski definition) is 1. The largest absolute Gasteiger partial charge is 0.371 e. The van der Waals surface area contributed by atoms with Gasteiger partial charge < -0.3 is 10.6 Å². The molecule has 15 heavy (non-hydrogen) atoms. The minimum Gasteiger partial charge on any atom is -0.371 e. The highest BCUT2D eigenvalue weighted by molar-refractivity contribution is 5.52. The Kier molecular flexibility index (Phi) is 5.19. The zero-order chi connectivity index (χ0) is 11.1. The highest BCUT2D eigenvalue weighted by Crippen LogP contribution is 2.19. The van der Waals surface area contributed by atoms with Gasteiger partial charge in [-0.1, -0.05) is 25.1 Å². The van der Waals surface area contributed by atoms with Gasteiger partial charge in [-0.2, -0.15) is 0 Å². The second-order valence-corrected chi connectivity index (χ2v) is 3.92. The third-order valence-electron chi connectivity index (χ3n) is 2.58. The van der Waals surface area contributed by atoms with E-state index in [1.165, 1.54) is 17.7 Å². The molecule has 0 atom stereocenters. The third kappa shape index (κ3) is 3.56. The lowest BCUT2D eigenvalue weighted by Crippen LogP contribution is -2.27. The summed E-state index contributed by atoms with van der Waals surface area (Å²) in [6.45, 7) is 7.33. The summed E-state index contributed by atoms with van der Waals surface area (Å²) in [7, 11) is 0. The molecule has 0 amide bonds. The number of aryl methyl sites for hydroxylation is 1. The first kappa shape index (κ1) is 12.1. The highest BCUT2D eigenvalue weighted by atomic mass is 15.1. The van der Waals surface area contributed by atoms with Crippen molar-refractivity contribution in [2.75, 3.05) is 24.5 Å². The molecule has 2 nitrogen and oxygen atoms in total. The van der Waals surface area contributed by atoms with E-state index in [1.807, 2.05) is 0 Å². The van der Waals surface area contributed by atoms with Crippen molar-refractivity contribution in [3.63, 3.8) is 0 Å². The summed E-state index contributed by atoms with van der Waals surface area (Å²) < 4.78 is 0. The Morgan fingerprint density at radius 2 is 1.93 bits per heavy atom. The maximum atomic E-state index is 5.56. The minimum atomic E-state index is 0.770. The van der Waals surface area contributed by atoms with Crippen molar-refractivity contribution in [2.24, 2.45) is 5.73 Å². The van der Waals surface area contributed by atoms with Gasteiger partial charge >= 0.3 is 0 Å². The van der Waals surface area contributed by atoms with Gasteiger partial charge in [0, 0.05) is 18.8 Å². The number of hydrogen-bond acceptors (Lipinski definition) is 2. The smallest absolute Gasteiger partial charge is 0.0395 e. The van der Waals surface area contributed by atoms with E-state index in [4.69, 9.17) is 5.73 Å². The summed E-state index contributed by atoms with van der Waals surface area (Å²) in [5.74, 6) is 0. The Hall–Kier alpha value is -1.02. The summed E-state index contributed by atoms with van der Waals surface area (Å²) in [6.07, 6.45) is 2.24. The van der Waals surface area contributed by atoms with E-state index in [9.17, 15) is 0 Å². The maximum absolute atomic E-state index is 5.56. The van der Waals surface area contributed by atoms with Gasteiger partial charge in [-0.15, -0.1) is 0 Å². The van der Waals surface area contributed by atoms with Crippen molar-refractivity contribution in [1.82, 2.24) is 0 Å². The van der Waals surface area contributed by atoms with Gasteiger partial charge in [0.15, 0.2) is 0 Å². The molecule has 0 aliphatic rings. The predicted octanol–water partition coefficient (Wildman–Crippen LogP) is 2.56. The van der Waals surface area contributed by atoms with Crippen molar-refractivity contribution >= 4 is 5.69 Å². The van der Waals surface area contributed by atoms with Crippen LogP contribution in [0.25, 0.3) is 0 Å². The fourth-order valence-electron chi connectivity index (χ4n) is 1.82. The summed E-state index contributed by atoms with van der Waals surface area (Å²) in [6, 6.07) is 8.56. The number of nitrogens with zero attached hydrogens (tertiary/aromatic N) is 1. The summed E-state index contributed by atoms with van der Waals surface area (Å²) in [4.78, 5) is 2.43. The van der Waals surface area contributed by atoms with E-state index >= 15 is 0 Å². The number of anilines is 1. The van der Waals surface area contributed by atoms with Crippen LogP contribution < -0.4 is 10.6 Å². The molecule has 0 heterocycles. The van der Waals surface area contributed by atoms with Crippen molar-refractivity contribution in [1.29, 1.82) is 0 Å². The van der Waals surface area contributed by atoms with E-state index in [0.29, 0.717) is 0 Å². The minimum absolute atomic E-state index is 0.770. The van der Waals surface area contributed by atoms with Crippen LogP contribution >= 0.6 is 0 Å². The zero-order valence-corrected chi connectivity index (χ0v) is 9.87. The van der Waals surface area contributed by atoms with Gasteiger partial charge in [-0.25, -0.2) is 0 Å². The Balaban J connectivity index is 2.74. The number of benzene rings is 1. The van der Waals surface area contributed by atoms with Crippen LogP contribution in [0.2, 0.25) is 0 Å². The summed E-state index contributed by atoms with van der Waals surface area (Å²) >= 11 is 0. The van der Waals surface area contributed by atoms with Gasteiger partial charge in [-0.3, -0.25) is 0 Å². The Morgan fingerprint density at radius 3 is 2.53 bits per heavy atom. The average Bonchev–Trinajstić information content (AvgIpc) is 2.25. The highest BCUT2D eigenvalue weighted by Gasteiger charge is 2.06. The second kappa shape index (κ2) is 6.46. The van der Waals surface area contributed by atoms with E-state index in [-0.39, 0.29) is 0 Å². The van der Waals surface area contributed by atoms with E-state index in [1.54, 1.807) is 0 Å². The molecule has 0 saturated heterocycles. The van der Waals surface area contributed by atoms with Gasteiger partial charge in [-0.05, 0) is 37.9 Å². The summed E-state index contributed by atoms with van der Waals surface area (Å²) in [5, 5.41) is 0. The van der Waals surface area contributed by atoms with Crippen molar-refractivity contribution in [2.45, 2.75) is 26.7 Å². The molecule has 0 unspecified atom stereocenters. The number of nitrogens with two attached hydrogens (primary N) is 1. The molecule has 0 fully saturated rings. The van der Waals surface area contributed by atoms with E-state index in [0.717, 1.165) is 26.1 Å². The first-order valence-corrected chi connectivity index (χ1v) is 5.80. The predicted molar refractivity (Wildman–Crippen MR) is 67.4 cm³/mol. The van der Waals surface area contributed by atoms with Gasteiger partial charge in [0.2, 0.25) is 0 Å². The molecule has 2 N–H and O–H groups in total. The Bertz CT molecular complexity index is 284. The third-order valence-corrected chi connectivity index (χ3v) is 2.58. The van der Waals surface area contributed by atoms with Crippen LogP contribution in [0.5, 0.6) is 0 Å². The lowest BCUT2D eigenvalue weighted by atomic mass is 10.1. The lowest BCUT2D eigenvalue weighted by Gasteiger charge is -2.25. The molecule has 0 aliphatic heterocycles. The Morgan fingerprint density at radius 1 is 1.20 bits per heavy atom. The second-order valence-electron chi connectivity index (χ2n) is 3.92. The van der Waals surface area contributed by atoms with Crippen LogP contribution in [0.1, 0.15) is 25.3 Å². The SMILES string of the molecule is CCCN(CCCN)c1ccccc1C. The topological polar surface area (TPSA) is 29.3 Å². The Labute approximate surface area is 93.1 Å². The average molecular weight is 206 g/mol. The molecule has 0 saturated carbocycles. The van der Waals surface area contributed by atoms with Gasteiger partial charge in [0.25, 0.3) is 0 Å². The standard InChI is InChI=1S/C13H22N2/c1-3-10-15(11-6-9-14)13-8-5-4-7-12(13)2/h4-5,7-8H,3,6,9-11,14H2,1-2H3. The van der Waals surface area contributed by atoms with E-state index in [2.05, 4.69) is 43.0 Å². The fourth-order valence-corrected chi connectivity index (χ4v) is 1.82. The number of para-hydroxylation sites is 1. The van der Waals surface area contributed by atoms with Crippen molar-refractivity contribution in [3.05, 3.63) is 29.8 Å². The quantitative estimate of drug-likeness (QED) is 0.775. The van der Waals surface area contributed by atoms with Crippen LogP contribution in [0.3, 0.4) is 0 Å². The molecule has 0 aromatic heterocycles. The first-order chi connectivity index (χ1) is 7.29. The van der Waals surface area contributed by atoms with Crippen molar-refractivity contribution < 1.29 is 0 Å². The zero-order valence-electron chi connectivity index (χ0n) is 9.87. The van der Waals surface area contributed by atoms with Gasteiger partial charge in [0.05, 0.1) is 0 Å². The molecule has 0 spiro atoms. The molecule has 1 rings (SSSR count). The number of rotatable bonds is 6. The molecule has 1 aromatic carbocycles. The van der Waals surface area contributed by atoms with Crippen LogP contribution in [0, 0.1) is 6.92 Å². The monoisotopic (exact) mass is 206 g/mol.